The van der Waals surface area contributed by atoms with Gasteiger partial charge in [0.25, 0.3) is 0 Å². The lowest BCUT2D eigenvalue weighted by Crippen LogP contribution is -2.02. The highest BCUT2D eigenvalue weighted by Crippen LogP contribution is 2.31. The molecule has 0 aromatic heterocycles. The normalized spacial score (nSPS) is 10.5. The first-order valence-corrected chi connectivity index (χ1v) is 7.99. The molecular formula is C17H18BrClO2. The molecule has 0 aliphatic rings. The van der Waals surface area contributed by atoms with E-state index in [4.69, 9.17) is 21.1 Å². The predicted molar refractivity (Wildman–Crippen MR) is 90.5 cm³/mol. The number of rotatable bonds is 5. The molecule has 2 aromatic carbocycles. The van der Waals surface area contributed by atoms with Crippen molar-refractivity contribution in [3.8, 4) is 11.5 Å². The highest BCUT2D eigenvalue weighted by atomic mass is 79.9. The minimum atomic E-state index is 0.417. The lowest BCUT2D eigenvalue weighted by molar-refractivity contribution is 0.292. The molecule has 0 radical (unpaired) electrons. The molecule has 0 aliphatic carbocycles. The SMILES string of the molecule is COc1ccc(C)cc1COc1c(C)cc(Br)cc1CCl. The van der Waals surface area contributed by atoms with Crippen molar-refractivity contribution in [1.82, 2.24) is 0 Å². The molecule has 0 spiro atoms. The van der Waals surface area contributed by atoms with Crippen molar-refractivity contribution < 1.29 is 9.47 Å². The molecule has 2 aromatic rings. The van der Waals surface area contributed by atoms with Crippen LogP contribution in [0.3, 0.4) is 0 Å². The Morgan fingerprint density at radius 2 is 1.86 bits per heavy atom. The highest BCUT2D eigenvalue weighted by molar-refractivity contribution is 9.10. The van der Waals surface area contributed by atoms with Gasteiger partial charge in [-0.2, -0.15) is 0 Å². The zero-order valence-corrected chi connectivity index (χ0v) is 14.7. The quantitative estimate of drug-likeness (QED) is 0.658. The number of benzene rings is 2. The van der Waals surface area contributed by atoms with Crippen molar-refractivity contribution in [2.24, 2.45) is 0 Å². The van der Waals surface area contributed by atoms with E-state index < -0.39 is 0 Å². The maximum absolute atomic E-state index is 6.02. The van der Waals surface area contributed by atoms with Crippen molar-refractivity contribution >= 4 is 27.5 Å². The molecule has 0 aliphatic heterocycles. The van der Waals surface area contributed by atoms with Gasteiger partial charge in [0.15, 0.2) is 0 Å². The molecule has 21 heavy (non-hydrogen) atoms. The molecule has 0 saturated carbocycles. The van der Waals surface area contributed by atoms with Gasteiger partial charge in [0.1, 0.15) is 18.1 Å². The summed E-state index contributed by atoms with van der Waals surface area (Å²) in [5, 5.41) is 0. The maximum atomic E-state index is 6.02. The Bertz CT molecular complexity index is 641. The number of methoxy groups -OCH3 is 1. The largest absolute Gasteiger partial charge is 0.496 e. The van der Waals surface area contributed by atoms with Crippen molar-refractivity contribution in [3.05, 3.63) is 57.1 Å². The minimum Gasteiger partial charge on any atom is -0.496 e. The van der Waals surface area contributed by atoms with Gasteiger partial charge in [-0.25, -0.2) is 0 Å². The predicted octanol–water partition coefficient (Wildman–Crippen LogP) is 5.39. The molecular weight excluding hydrogens is 352 g/mol. The summed E-state index contributed by atoms with van der Waals surface area (Å²) >= 11 is 9.50. The van der Waals surface area contributed by atoms with E-state index >= 15 is 0 Å². The van der Waals surface area contributed by atoms with Gasteiger partial charge in [0, 0.05) is 15.6 Å². The smallest absolute Gasteiger partial charge is 0.127 e. The molecule has 0 unspecified atom stereocenters. The van der Waals surface area contributed by atoms with Crippen LogP contribution in [0.5, 0.6) is 11.5 Å². The lowest BCUT2D eigenvalue weighted by atomic mass is 10.1. The summed E-state index contributed by atoms with van der Waals surface area (Å²) in [6.45, 7) is 4.53. The second-order valence-corrected chi connectivity index (χ2v) is 6.13. The summed E-state index contributed by atoms with van der Waals surface area (Å²) in [4.78, 5) is 0. The Kier molecular flexibility index (Phi) is 5.54. The monoisotopic (exact) mass is 368 g/mol. The van der Waals surface area contributed by atoms with E-state index in [1.807, 2.05) is 31.2 Å². The van der Waals surface area contributed by atoms with E-state index in [0.29, 0.717) is 12.5 Å². The first-order chi connectivity index (χ1) is 10.0. The van der Waals surface area contributed by atoms with Gasteiger partial charge in [-0.15, -0.1) is 11.6 Å². The van der Waals surface area contributed by atoms with Gasteiger partial charge in [-0.05, 0) is 43.7 Å². The number of halogens is 2. The van der Waals surface area contributed by atoms with E-state index in [-0.39, 0.29) is 0 Å². The Balaban J connectivity index is 2.26. The van der Waals surface area contributed by atoms with Gasteiger partial charge in [0.05, 0.1) is 13.0 Å². The third-order valence-electron chi connectivity index (χ3n) is 3.27. The van der Waals surface area contributed by atoms with E-state index in [0.717, 1.165) is 32.7 Å². The number of hydrogen-bond acceptors (Lipinski definition) is 2. The van der Waals surface area contributed by atoms with Crippen LogP contribution in [0.1, 0.15) is 22.3 Å². The van der Waals surface area contributed by atoms with E-state index in [1.54, 1.807) is 7.11 Å². The fraction of sp³-hybridized carbons (Fsp3) is 0.294. The molecule has 0 fully saturated rings. The van der Waals surface area contributed by atoms with Crippen LogP contribution < -0.4 is 9.47 Å². The number of alkyl halides is 1. The van der Waals surface area contributed by atoms with Crippen molar-refractivity contribution in [2.45, 2.75) is 26.3 Å². The van der Waals surface area contributed by atoms with Crippen LogP contribution in [0, 0.1) is 13.8 Å². The van der Waals surface area contributed by atoms with E-state index in [2.05, 4.69) is 28.9 Å². The van der Waals surface area contributed by atoms with Crippen LogP contribution in [0.15, 0.2) is 34.8 Å². The average Bonchev–Trinajstić information content (AvgIpc) is 2.45. The maximum Gasteiger partial charge on any atom is 0.127 e. The minimum absolute atomic E-state index is 0.417. The van der Waals surface area contributed by atoms with Gasteiger partial charge < -0.3 is 9.47 Å². The summed E-state index contributed by atoms with van der Waals surface area (Å²) < 4.78 is 12.4. The van der Waals surface area contributed by atoms with Crippen molar-refractivity contribution in [2.75, 3.05) is 7.11 Å². The standard InChI is InChI=1S/C17H18BrClO2/c1-11-4-5-16(20-3)14(6-11)10-21-17-12(2)7-15(18)8-13(17)9-19/h4-8H,9-10H2,1-3H3. The Labute approximate surface area is 139 Å². The summed E-state index contributed by atoms with van der Waals surface area (Å²) in [7, 11) is 1.67. The first kappa shape index (κ1) is 16.2. The summed E-state index contributed by atoms with van der Waals surface area (Å²) in [5.74, 6) is 2.10. The van der Waals surface area contributed by atoms with E-state index in [9.17, 15) is 0 Å². The number of aryl methyl sites for hydroxylation is 2. The van der Waals surface area contributed by atoms with Crippen molar-refractivity contribution in [1.29, 1.82) is 0 Å². The number of hydrogen-bond donors (Lipinski definition) is 0. The first-order valence-electron chi connectivity index (χ1n) is 6.66. The molecule has 0 atom stereocenters. The van der Waals surface area contributed by atoms with Crippen LogP contribution >= 0.6 is 27.5 Å². The average molecular weight is 370 g/mol. The summed E-state index contributed by atoms with van der Waals surface area (Å²) in [5.41, 5.74) is 4.25. The molecule has 4 heteroatoms. The van der Waals surface area contributed by atoms with Gasteiger partial charge in [-0.1, -0.05) is 27.6 Å². The van der Waals surface area contributed by atoms with Crippen LogP contribution in [0.4, 0.5) is 0 Å². The zero-order chi connectivity index (χ0) is 15.4. The van der Waals surface area contributed by atoms with Gasteiger partial charge in [-0.3, -0.25) is 0 Å². The second kappa shape index (κ2) is 7.19. The van der Waals surface area contributed by atoms with Crippen LogP contribution in [-0.2, 0) is 12.5 Å². The molecule has 0 heterocycles. The summed E-state index contributed by atoms with van der Waals surface area (Å²) in [6.07, 6.45) is 0. The Morgan fingerprint density at radius 1 is 1.10 bits per heavy atom. The van der Waals surface area contributed by atoms with Crippen molar-refractivity contribution in [3.63, 3.8) is 0 Å². The molecule has 0 N–H and O–H groups in total. The van der Waals surface area contributed by atoms with E-state index in [1.165, 1.54) is 5.56 Å². The second-order valence-electron chi connectivity index (χ2n) is 4.95. The van der Waals surface area contributed by atoms with Crippen LogP contribution in [0.2, 0.25) is 0 Å². The molecule has 2 nitrogen and oxygen atoms in total. The fourth-order valence-electron chi connectivity index (χ4n) is 2.28. The Morgan fingerprint density at radius 3 is 2.52 bits per heavy atom. The highest BCUT2D eigenvalue weighted by Gasteiger charge is 2.10. The fourth-order valence-corrected chi connectivity index (χ4v) is 3.09. The lowest BCUT2D eigenvalue weighted by Gasteiger charge is -2.15. The zero-order valence-electron chi connectivity index (χ0n) is 12.4. The summed E-state index contributed by atoms with van der Waals surface area (Å²) in [6, 6.07) is 10.1. The number of ether oxygens (including phenoxy) is 2. The topological polar surface area (TPSA) is 18.5 Å². The van der Waals surface area contributed by atoms with Crippen LogP contribution in [-0.4, -0.2) is 7.11 Å². The third-order valence-corrected chi connectivity index (χ3v) is 4.01. The molecule has 0 saturated heterocycles. The molecule has 0 bridgehead atoms. The van der Waals surface area contributed by atoms with Gasteiger partial charge in [0.2, 0.25) is 0 Å². The van der Waals surface area contributed by atoms with Gasteiger partial charge >= 0.3 is 0 Å². The van der Waals surface area contributed by atoms with Crippen LogP contribution in [0.25, 0.3) is 0 Å². The Hall–Kier alpha value is -1.19. The molecule has 0 amide bonds. The molecule has 112 valence electrons. The molecule has 2 rings (SSSR count). The third kappa shape index (κ3) is 3.92.